The van der Waals surface area contributed by atoms with Gasteiger partial charge in [-0.05, 0) is 59.0 Å². The van der Waals surface area contributed by atoms with Crippen molar-refractivity contribution in [2.24, 2.45) is 0 Å². The SMILES string of the molecule is O=C(O)c1ccc(C2CC2)c(I)c1. The van der Waals surface area contributed by atoms with Gasteiger partial charge in [0.25, 0.3) is 0 Å². The van der Waals surface area contributed by atoms with Gasteiger partial charge in [0, 0.05) is 3.57 Å². The number of aromatic carboxylic acids is 1. The molecule has 1 saturated carbocycles. The number of hydrogen-bond donors (Lipinski definition) is 1. The molecule has 2 nitrogen and oxygen atoms in total. The van der Waals surface area contributed by atoms with E-state index in [2.05, 4.69) is 22.6 Å². The lowest BCUT2D eigenvalue weighted by molar-refractivity contribution is 0.0697. The zero-order chi connectivity index (χ0) is 9.42. The first-order valence-corrected chi connectivity index (χ1v) is 5.29. The normalized spacial score (nSPS) is 15.8. The molecule has 1 aromatic rings. The molecule has 1 N–H and O–H groups in total. The van der Waals surface area contributed by atoms with Crippen molar-refractivity contribution in [3.63, 3.8) is 0 Å². The maximum atomic E-state index is 10.6. The number of carboxylic acid groups (broad SMARTS) is 1. The summed E-state index contributed by atoms with van der Waals surface area (Å²) in [6, 6.07) is 5.39. The summed E-state index contributed by atoms with van der Waals surface area (Å²) in [7, 11) is 0. The number of carboxylic acids is 1. The van der Waals surface area contributed by atoms with Crippen LogP contribution >= 0.6 is 22.6 Å². The van der Waals surface area contributed by atoms with Crippen LogP contribution in [-0.4, -0.2) is 11.1 Å². The summed E-state index contributed by atoms with van der Waals surface area (Å²) < 4.78 is 1.08. The average Bonchev–Trinajstić information content (AvgIpc) is 2.87. The summed E-state index contributed by atoms with van der Waals surface area (Å²) in [5.74, 6) is -0.157. The third kappa shape index (κ3) is 1.85. The molecule has 0 bridgehead atoms. The van der Waals surface area contributed by atoms with Crippen LogP contribution in [0.15, 0.2) is 18.2 Å². The number of hydrogen-bond acceptors (Lipinski definition) is 1. The zero-order valence-corrected chi connectivity index (χ0v) is 9.11. The van der Waals surface area contributed by atoms with E-state index in [0.29, 0.717) is 11.5 Å². The van der Waals surface area contributed by atoms with E-state index >= 15 is 0 Å². The van der Waals surface area contributed by atoms with Crippen LogP contribution in [0.2, 0.25) is 0 Å². The molecular formula is C10H9IO2. The van der Waals surface area contributed by atoms with Crippen molar-refractivity contribution in [2.45, 2.75) is 18.8 Å². The van der Waals surface area contributed by atoms with Crippen LogP contribution < -0.4 is 0 Å². The number of halogens is 1. The van der Waals surface area contributed by atoms with E-state index < -0.39 is 5.97 Å². The molecule has 0 amide bonds. The van der Waals surface area contributed by atoms with E-state index in [1.807, 2.05) is 6.07 Å². The number of benzene rings is 1. The first kappa shape index (κ1) is 8.99. The molecule has 0 unspecified atom stereocenters. The summed E-state index contributed by atoms with van der Waals surface area (Å²) in [5.41, 5.74) is 1.69. The van der Waals surface area contributed by atoms with Crippen LogP contribution in [0.3, 0.4) is 0 Å². The first-order chi connectivity index (χ1) is 6.18. The molecule has 0 aliphatic heterocycles. The monoisotopic (exact) mass is 288 g/mol. The number of carbonyl (C=O) groups is 1. The Labute approximate surface area is 90.1 Å². The molecule has 0 atom stereocenters. The molecule has 0 radical (unpaired) electrons. The summed E-state index contributed by atoms with van der Waals surface area (Å²) in [5, 5.41) is 8.75. The second kappa shape index (κ2) is 3.29. The van der Waals surface area contributed by atoms with Crippen LogP contribution in [0, 0.1) is 3.57 Å². The van der Waals surface area contributed by atoms with Gasteiger partial charge in [-0.15, -0.1) is 0 Å². The van der Waals surface area contributed by atoms with Crippen LogP contribution in [-0.2, 0) is 0 Å². The Morgan fingerprint density at radius 3 is 2.62 bits per heavy atom. The summed E-state index contributed by atoms with van der Waals surface area (Å²) in [4.78, 5) is 10.6. The Kier molecular flexibility index (Phi) is 2.27. The molecule has 13 heavy (non-hydrogen) atoms. The molecule has 1 aliphatic rings. The van der Waals surface area contributed by atoms with Gasteiger partial charge < -0.3 is 5.11 Å². The highest BCUT2D eigenvalue weighted by atomic mass is 127. The van der Waals surface area contributed by atoms with Crippen molar-refractivity contribution in [2.75, 3.05) is 0 Å². The molecule has 1 aromatic carbocycles. The number of rotatable bonds is 2. The molecule has 2 rings (SSSR count). The summed E-state index contributed by atoms with van der Waals surface area (Å²) in [6.45, 7) is 0. The fourth-order valence-corrected chi connectivity index (χ4v) is 2.34. The highest BCUT2D eigenvalue weighted by Gasteiger charge is 2.25. The van der Waals surface area contributed by atoms with Crippen molar-refractivity contribution in [1.29, 1.82) is 0 Å². The van der Waals surface area contributed by atoms with Gasteiger partial charge in [-0.2, -0.15) is 0 Å². The Morgan fingerprint density at radius 2 is 2.15 bits per heavy atom. The third-order valence-electron chi connectivity index (χ3n) is 2.26. The molecule has 0 spiro atoms. The second-order valence-corrected chi connectivity index (χ2v) is 4.48. The van der Waals surface area contributed by atoms with Crippen molar-refractivity contribution in [1.82, 2.24) is 0 Å². The van der Waals surface area contributed by atoms with Gasteiger partial charge >= 0.3 is 5.97 Å². The van der Waals surface area contributed by atoms with Crippen LogP contribution in [0.5, 0.6) is 0 Å². The molecular weight excluding hydrogens is 279 g/mol. The van der Waals surface area contributed by atoms with Gasteiger partial charge in [-0.3, -0.25) is 0 Å². The molecule has 3 heteroatoms. The molecule has 0 aromatic heterocycles. The van der Waals surface area contributed by atoms with Gasteiger partial charge in [0.05, 0.1) is 5.56 Å². The van der Waals surface area contributed by atoms with Crippen molar-refractivity contribution in [3.8, 4) is 0 Å². The predicted octanol–water partition coefficient (Wildman–Crippen LogP) is 2.87. The molecule has 68 valence electrons. The predicted molar refractivity (Wildman–Crippen MR) is 58.1 cm³/mol. The van der Waals surface area contributed by atoms with Crippen molar-refractivity contribution >= 4 is 28.6 Å². The standard InChI is InChI=1S/C10H9IO2/c11-9-5-7(10(12)13)3-4-8(9)6-1-2-6/h3-6H,1-2H2,(H,12,13). The maximum Gasteiger partial charge on any atom is 0.335 e. The highest BCUT2D eigenvalue weighted by Crippen LogP contribution is 2.42. The molecule has 0 saturated heterocycles. The summed E-state index contributed by atoms with van der Waals surface area (Å²) in [6.07, 6.45) is 2.50. The lowest BCUT2D eigenvalue weighted by atomic mass is 10.1. The van der Waals surface area contributed by atoms with E-state index in [1.165, 1.54) is 18.4 Å². The minimum Gasteiger partial charge on any atom is -0.478 e. The van der Waals surface area contributed by atoms with E-state index in [4.69, 9.17) is 5.11 Å². The van der Waals surface area contributed by atoms with E-state index in [9.17, 15) is 4.79 Å². The van der Waals surface area contributed by atoms with Gasteiger partial charge in [0.15, 0.2) is 0 Å². The Balaban J connectivity index is 2.36. The Hall–Kier alpha value is -0.580. The maximum absolute atomic E-state index is 10.6. The minimum absolute atomic E-state index is 0.383. The third-order valence-corrected chi connectivity index (χ3v) is 3.20. The van der Waals surface area contributed by atoms with Crippen molar-refractivity contribution in [3.05, 3.63) is 32.9 Å². The lowest BCUT2D eigenvalue weighted by Crippen LogP contribution is -1.97. The minimum atomic E-state index is -0.847. The van der Waals surface area contributed by atoms with Crippen LogP contribution in [0.1, 0.15) is 34.7 Å². The average molecular weight is 288 g/mol. The highest BCUT2D eigenvalue weighted by molar-refractivity contribution is 14.1. The zero-order valence-electron chi connectivity index (χ0n) is 6.96. The molecule has 1 fully saturated rings. The van der Waals surface area contributed by atoms with E-state index in [0.717, 1.165) is 3.57 Å². The van der Waals surface area contributed by atoms with Gasteiger partial charge in [-0.25, -0.2) is 4.79 Å². The quantitative estimate of drug-likeness (QED) is 0.850. The first-order valence-electron chi connectivity index (χ1n) is 4.21. The van der Waals surface area contributed by atoms with Crippen molar-refractivity contribution < 1.29 is 9.90 Å². The Bertz CT molecular complexity index is 356. The fraction of sp³-hybridized carbons (Fsp3) is 0.300. The fourth-order valence-electron chi connectivity index (χ4n) is 1.39. The molecule has 1 aliphatic carbocycles. The Morgan fingerprint density at radius 1 is 1.46 bits per heavy atom. The lowest BCUT2D eigenvalue weighted by Gasteiger charge is -2.02. The van der Waals surface area contributed by atoms with Crippen LogP contribution in [0.25, 0.3) is 0 Å². The second-order valence-electron chi connectivity index (χ2n) is 3.32. The topological polar surface area (TPSA) is 37.3 Å². The van der Waals surface area contributed by atoms with Crippen LogP contribution in [0.4, 0.5) is 0 Å². The van der Waals surface area contributed by atoms with Gasteiger partial charge in [0.2, 0.25) is 0 Å². The van der Waals surface area contributed by atoms with E-state index in [1.54, 1.807) is 12.1 Å². The largest absolute Gasteiger partial charge is 0.478 e. The smallest absolute Gasteiger partial charge is 0.335 e. The van der Waals surface area contributed by atoms with Gasteiger partial charge in [0.1, 0.15) is 0 Å². The summed E-state index contributed by atoms with van der Waals surface area (Å²) >= 11 is 2.21. The molecule has 0 heterocycles. The van der Waals surface area contributed by atoms with Gasteiger partial charge in [-0.1, -0.05) is 6.07 Å². The van der Waals surface area contributed by atoms with E-state index in [-0.39, 0.29) is 0 Å².